The highest BCUT2D eigenvalue weighted by atomic mass is 15.0. The summed E-state index contributed by atoms with van der Waals surface area (Å²) in [4.78, 5) is 16.1. The van der Waals surface area contributed by atoms with Crippen LogP contribution < -0.4 is 0 Å². The molecule has 14 heavy (non-hydrogen) atoms. The number of rotatable bonds is 0. The molecule has 4 nitrogen and oxygen atoms in total. The van der Waals surface area contributed by atoms with Crippen LogP contribution in [0.15, 0.2) is 24.3 Å². The maximum atomic E-state index is 4.42. The van der Waals surface area contributed by atoms with E-state index in [-0.39, 0.29) is 0 Å². The fourth-order valence-corrected chi connectivity index (χ4v) is 1.51. The van der Waals surface area contributed by atoms with Crippen LogP contribution in [0.25, 0.3) is 22.3 Å². The lowest BCUT2D eigenvalue weighted by atomic mass is 10.3. The summed E-state index contributed by atoms with van der Waals surface area (Å²) >= 11 is 0. The van der Waals surface area contributed by atoms with Crippen LogP contribution in [-0.4, -0.2) is 19.9 Å². The van der Waals surface area contributed by atoms with Gasteiger partial charge in [0.15, 0.2) is 11.3 Å². The fourth-order valence-electron chi connectivity index (χ4n) is 1.51. The number of aryl methyl sites for hydroxylation is 1. The van der Waals surface area contributed by atoms with Crippen molar-refractivity contribution < 1.29 is 0 Å². The zero-order valence-corrected chi connectivity index (χ0v) is 7.65. The molecule has 4 heteroatoms. The van der Waals surface area contributed by atoms with Gasteiger partial charge in [-0.25, -0.2) is 15.0 Å². The molecule has 2 aromatic heterocycles. The zero-order chi connectivity index (χ0) is 9.54. The minimum absolute atomic E-state index is 0.682. The molecular weight excluding hydrogens is 176 g/mol. The molecule has 0 atom stereocenters. The van der Waals surface area contributed by atoms with Crippen molar-refractivity contribution in [1.82, 2.24) is 19.9 Å². The van der Waals surface area contributed by atoms with Crippen molar-refractivity contribution in [2.24, 2.45) is 0 Å². The molecule has 0 fully saturated rings. The van der Waals surface area contributed by atoms with Crippen LogP contribution in [0.3, 0.4) is 0 Å². The number of nitrogens with zero attached hydrogens (tertiary/aromatic N) is 3. The van der Waals surface area contributed by atoms with Crippen molar-refractivity contribution in [1.29, 1.82) is 0 Å². The number of aromatic nitrogens is 4. The van der Waals surface area contributed by atoms with Gasteiger partial charge >= 0.3 is 0 Å². The lowest BCUT2D eigenvalue weighted by Crippen LogP contribution is -1.85. The Kier molecular flexibility index (Phi) is 1.33. The first-order chi connectivity index (χ1) is 6.83. The molecule has 0 amide bonds. The standard InChI is InChI=1S/C10H8N4/c1-6-11-9-10(12-6)14-8-5-3-2-4-7(8)13-9/h2-5H,1H3,(H,11,12,13,14). The van der Waals surface area contributed by atoms with Crippen molar-refractivity contribution >= 4 is 22.3 Å². The molecule has 3 aromatic rings. The molecule has 0 spiro atoms. The number of para-hydroxylation sites is 2. The molecule has 0 radical (unpaired) electrons. The zero-order valence-electron chi connectivity index (χ0n) is 7.65. The van der Waals surface area contributed by atoms with E-state index in [4.69, 9.17) is 0 Å². The third kappa shape index (κ3) is 0.970. The quantitative estimate of drug-likeness (QED) is 0.579. The average Bonchev–Trinajstić information content (AvgIpc) is 2.53. The van der Waals surface area contributed by atoms with E-state index in [1.807, 2.05) is 31.2 Å². The van der Waals surface area contributed by atoms with Crippen molar-refractivity contribution in [3.05, 3.63) is 30.1 Å². The molecule has 1 aromatic carbocycles. The van der Waals surface area contributed by atoms with Crippen molar-refractivity contribution in [3.8, 4) is 0 Å². The van der Waals surface area contributed by atoms with Crippen LogP contribution in [0.1, 0.15) is 5.82 Å². The summed E-state index contributed by atoms with van der Waals surface area (Å²) in [5.74, 6) is 0.843. The van der Waals surface area contributed by atoms with Gasteiger partial charge in [-0.1, -0.05) is 12.1 Å². The van der Waals surface area contributed by atoms with Gasteiger partial charge in [-0.15, -0.1) is 0 Å². The van der Waals surface area contributed by atoms with Crippen LogP contribution in [-0.2, 0) is 0 Å². The first kappa shape index (κ1) is 7.44. The number of imidazole rings is 1. The van der Waals surface area contributed by atoms with E-state index in [2.05, 4.69) is 19.9 Å². The first-order valence-electron chi connectivity index (χ1n) is 4.42. The fraction of sp³-hybridized carbons (Fsp3) is 0.100. The minimum Gasteiger partial charge on any atom is -0.325 e. The average molecular weight is 184 g/mol. The van der Waals surface area contributed by atoms with E-state index in [1.54, 1.807) is 0 Å². The molecule has 0 aliphatic carbocycles. The Morgan fingerprint density at radius 1 is 1.00 bits per heavy atom. The van der Waals surface area contributed by atoms with Crippen LogP contribution in [0.5, 0.6) is 0 Å². The van der Waals surface area contributed by atoms with Crippen LogP contribution in [0, 0.1) is 6.92 Å². The van der Waals surface area contributed by atoms with Gasteiger partial charge in [0.1, 0.15) is 5.82 Å². The Hall–Kier alpha value is -1.97. The maximum Gasteiger partial charge on any atom is 0.198 e. The van der Waals surface area contributed by atoms with E-state index in [9.17, 15) is 0 Å². The summed E-state index contributed by atoms with van der Waals surface area (Å²) in [7, 11) is 0. The molecule has 0 unspecified atom stereocenters. The normalized spacial score (nSPS) is 11.2. The van der Waals surface area contributed by atoms with Gasteiger partial charge in [0.2, 0.25) is 0 Å². The van der Waals surface area contributed by atoms with E-state index >= 15 is 0 Å². The molecule has 0 bridgehead atoms. The first-order valence-corrected chi connectivity index (χ1v) is 4.42. The summed E-state index contributed by atoms with van der Waals surface area (Å²) in [5.41, 5.74) is 3.21. The Bertz CT molecular complexity index is 559. The molecule has 0 aliphatic heterocycles. The molecule has 0 saturated carbocycles. The van der Waals surface area contributed by atoms with Crippen LogP contribution in [0.2, 0.25) is 0 Å². The van der Waals surface area contributed by atoms with Gasteiger partial charge < -0.3 is 4.98 Å². The summed E-state index contributed by atoms with van der Waals surface area (Å²) in [6.45, 7) is 1.90. The molecular formula is C10H8N4. The molecule has 0 aliphatic rings. The summed E-state index contributed by atoms with van der Waals surface area (Å²) < 4.78 is 0. The largest absolute Gasteiger partial charge is 0.325 e. The number of benzene rings is 1. The number of aromatic amines is 1. The van der Waals surface area contributed by atoms with E-state index in [0.717, 1.165) is 22.5 Å². The Balaban J connectivity index is 2.51. The Labute approximate surface area is 80.0 Å². The topological polar surface area (TPSA) is 54.5 Å². The highest BCUT2D eigenvalue weighted by molar-refractivity contribution is 5.82. The Morgan fingerprint density at radius 2 is 1.71 bits per heavy atom. The van der Waals surface area contributed by atoms with E-state index < -0.39 is 0 Å². The van der Waals surface area contributed by atoms with Gasteiger partial charge in [0.05, 0.1) is 11.0 Å². The SMILES string of the molecule is Cc1nc2nc3ccccc3nc2[nH]1. The van der Waals surface area contributed by atoms with Crippen molar-refractivity contribution in [3.63, 3.8) is 0 Å². The monoisotopic (exact) mass is 184 g/mol. The Morgan fingerprint density at radius 3 is 2.50 bits per heavy atom. The number of fused-ring (bicyclic) bond motifs is 2. The molecule has 0 saturated heterocycles. The molecule has 3 rings (SSSR count). The maximum absolute atomic E-state index is 4.42. The van der Waals surface area contributed by atoms with E-state index in [1.165, 1.54) is 0 Å². The summed E-state index contributed by atoms with van der Waals surface area (Å²) in [6.07, 6.45) is 0. The van der Waals surface area contributed by atoms with Gasteiger partial charge in [-0.3, -0.25) is 0 Å². The molecule has 2 heterocycles. The second-order valence-corrected chi connectivity index (χ2v) is 3.21. The smallest absolute Gasteiger partial charge is 0.198 e. The van der Waals surface area contributed by atoms with Crippen LogP contribution >= 0.6 is 0 Å². The van der Waals surface area contributed by atoms with Crippen molar-refractivity contribution in [2.75, 3.05) is 0 Å². The number of H-pyrrole nitrogens is 1. The van der Waals surface area contributed by atoms with Gasteiger partial charge in [-0.2, -0.15) is 0 Å². The van der Waals surface area contributed by atoms with Gasteiger partial charge in [0, 0.05) is 0 Å². The number of hydrogen-bond acceptors (Lipinski definition) is 3. The third-order valence-electron chi connectivity index (χ3n) is 2.13. The van der Waals surface area contributed by atoms with E-state index in [0.29, 0.717) is 5.65 Å². The van der Waals surface area contributed by atoms with Crippen LogP contribution in [0.4, 0.5) is 0 Å². The highest BCUT2D eigenvalue weighted by Gasteiger charge is 2.03. The lowest BCUT2D eigenvalue weighted by molar-refractivity contribution is 1.16. The summed E-state index contributed by atoms with van der Waals surface area (Å²) in [5, 5.41) is 0. The third-order valence-corrected chi connectivity index (χ3v) is 2.13. The number of nitrogens with one attached hydrogen (secondary N) is 1. The lowest BCUT2D eigenvalue weighted by Gasteiger charge is -1.93. The van der Waals surface area contributed by atoms with Crippen molar-refractivity contribution in [2.45, 2.75) is 6.92 Å². The molecule has 68 valence electrons. The minimum atomic E-state index is 0.682. The van der Waals surface area contributed by atoms with Gasteiger partial charge in [-0.05, 0) is 19.1 Å². The predicted molar refractivity (Wildman–Crippen MR) is 53.9 cm³/mol. The highest BCUT2D eigenvalue weighted by Crippen LogP contribution is 2.13. The second-order valence-electron chi connectivity index (χ2n) is 3.21. The predicted octanol–water partition coefficient (Wildman–Crippen LogP) is 1.81. The summed E-state index contributed by atoms with van der Waals surface area (Å²) in [6, 6.07) is 7.78. The number of hydrogen-bond donors (Lipinski definition) is 1. The molecule has 1 N–H and O–H groups in total. The second kappa shape index (κ2) is 2.51. The van der Waals surface area contributed by atoms with Gasteiger partial charge in [0.25, 0.3) is 0 Å².